The van der Waals surface area contributed by atoms with Crippen LogP contribution in [-0.4, -0.2) is 9.97 Å². The number of aromatic nitrogens is 2. The molecular weight excluding hydrogens is 257 g/mol. The maximum absolute atomic E-state index is 13.8. The van der Waals surface area contributed by atoms with Crippen molar-refractivity contribution in [3.05, 3.63) is 64.3 Å². The molecule has 0 atom stereocenters. The van der Waals surface area contributed by atoms with Crippen LogP contribution in [-0.2, 0) is 6.54 Å². The first-order valence-electron chi connectivity index (χ1n) is 6.16. The van der Waals surface area contributed by atoms with E-state index >= 15 is 0 Å². The van der Waals surface area contributed by atoms with Gasteiger partial charge in [0.15, 0.2) is 0 Å². The summed E-state index contributed by atoms with van der Waals surface area (Å²) < 4.78 is 13.8. The molecule has 3 aromatic rings. The van der Waals surface area contributed by atoms with Crippen molar-refractivity contribution < 1.29 is 4.39 Å². The van der Waals surface area contributed by atoms with E-state index in [-0.39, 0.29) is 17.9 Å². The molecule has 5 heteroatoms. The highest BCUT2D eigenvalue weighted by Crippen LogP contribution is 2.27. The molecule has 0 saturated carbocycles. The van der Waals surface area contributed by atoms with E-state index in [4.69, 9.17) is 5.73 Å². The van der Waals surface area contributed by atoms with Crippen LogP contribution in [0.15, 0.2) is 47.4 Å². The molecule has 3 rings (SSSR count). The van der Waals surface area contributed by atoms with Gasteiger partial charge in [-0.2, -0.15) is 0 Å². The van der Waals surface area contributed by atoms with Gasteiger partial charge >= 0.3 is 0 Å². The number of nitrogens with zero attached hydrogens (tertiary/aromatic N) is 1. The number of halogens is 1. The van der Waals surface area contributed by atoms with E-state index in [0.29, 0.717) is 27.7 Å². The summed E-state index contributed by atoms with van der Waals surface area (Å²) in [5.74, 6) is 0.105. The Morgan fingerprint density at radius 1 is 1.15 bits per heavy atom. The summed E-state index contributed by atoms with van der Waals surface area (Å²) in [5.41, 5.74) is 6.27. The van der Waals surface area contributed by atoms with Crippen LogP contribution < -0.4 is 11.3 Å². The summed E-state index contributed by atoms with van der Waals surface area (Å²) >= 11 is 0. The van der Waals surface area contributed by atoms with Gasteiger partial charge < -0.3 is 10.7 Å². The van der Waals surface area contributed by atoms with Crippen LogP contribution in [0.1, 0.15) is 5.56 Å². The van der Waals surface area contributed by atoms with Gasteiger partial charge in [-0.25, -0.2) is 9.37 Å². The number of hydrogen-bond donors (Lipinski definition) is 2. The van der Waals surface area contributed by atoms with Crippen LogP contribution >= 0.6 is 0 Å². The van der Waals surface area contributed by atoms with E-state index in [2.05, 4.69) is 9.97 Å². The molecule has 20 heavy (non-hydrogen) atoms. The zero-order chi connectivity index (χ0) is 14.1. The predicted octanol–water partition coefficient (Wildman–Crippen LogP) is 2.19. The molecule has 2 aromatic carbocycles. The molecule has 1 heterocycles. The van der Waals surface area contributed by atoms with Crippen LogP contribution in [0.4, 0.5) is 4.39 Å². The maximum atomic E-state index is 13.8. The van der Waals surface area contributed by atoms with Crippen LogP contribution in [0.2, 0.25) is 0 Å². The molecule has 0 amide bonds. The minimum absolute atomic E-state index is 0.132. The Balaban J connectivity index is 2.27. The van der Waals surface area contributed by atoms with Gasteiger partial charge in [-0.3, -0.25) is 4.79 Å². The zero-order valence-electron chi connectivity index (χ0n) is 10.6. The summed E-state index contributed by atoms with van der Waals surface area (Å²) in [6.07, 6.45) is 1.45. The smallest absolute Gasteiger partial charge is 0.255 e. The molecule has 0 aliphatic carbocycles. The number of aromatic amines is 1. The lowest BCUT2D eigenvalue weighted by molar-refractivity contribution is 0.640. The van der Waals surface area contributed by atoms with Crippen molar-refractivity contribution in [1.82, 2.24) is 9.97 Å². The van der Waals surface area contributed by atoms with Gasteiger partial charge in [0, 0.05) is 29.3 Å². The lowest BCUT2D eigenvalue weighted by atomic mass is 10.0. The van der Waals surface area contributed by atoms with Crippen LogP contribution in [0.3, 0.4) is 0 Å². The van der Waals surface area contributed by atoms with Crippen molar-refractivity contribution >= 4 is 10.8 Å². The van der Waals surface area contributed by atoms with Crippen LogP contribution in [0, 0.1) is 5.82 Å². The van der Waals surface area contributed by atoms with Crippen LogP contribution in [0.5, 0.6) is 0 Å². The second-order valence-electron chi connectivity index (χ2n) is 4.43. The Labute approximate surface area is 114 Å². The second-order valence-corrected chi connectivity index (χ2v) is 4.43. The summed E-state index contributed by atoms with van der Waals surface area (Å²) in [6.45, 7) is 0.132. The first-order chi connectivity index (χ1) is 9.70. The van der Waals surface area contributed by atoms with Crippen molar-refractivity contribution in [1.29, 1.82) is 0 Å². The van der Waals surface area contributed by atoms with E-state index in [1.807, 2.05) is 6.07 Å². The SMILES string of the molecule is NCc1cnc(-c2ccc(F)c3ccccc23)[nH]c1=O. The normalized spacial score (nSPS) is 10.9. The topological polar surface area (TPSA) is 71.8 Å². The van der Waals surface area contributed by atoms with Crippen LogP contribution in [0.25, 0.3) is 22.2 Å². The number of hydrogen-bond acceptors (Lipinski definition) is 3. The average Bonchev–Trinajstić information content (AvgIpc) is 2.48. The molecule has 3 N–H and O–H groups in total. The third-order valence-corrected chi connectivity index (χ3v) is 3.22. The van der Waals surface area contributed by atoms with Gasteiger partial charge in [-0.15, -0.1) is 0 Å². The molecule has 0 saturated heterocycles. The van der Waals surface area contributed by atoms with E-state index in [9.17, 15) is 9.18 Å². The van der Waals surface area contributed by atoms with Gasteiger partial charge in [0.25, 0.3) is 5.56 Å². The molecule has 0 radical (unpaired) electrons. The summed E-state index contributed by atoms with van der Waals surface area (Å²) in [6, 6.07) is 10.1. The van der Waals surface area contributed by atoms with Crippen molar-refractivity contribution in [2.75, 3.05) is 0 Å². The molecule has 0 spiro atoms. The Bertz CT molecular complexity index is 842. The fraction of sp³-hybridized carbons (Fsp3) is 0.0667. The van der Waals surface area contributed by atoms with Gasteiger partial charge in [0.05, 0.1) is 0 Å². The monoisotopic (exact) mass is 269 g/mol. The Kier molecular flexibility index (Phi) is 3.04. The number of H-pyrrole nitrogens is 1. The van der Waals surface area contributed by atoms with Gasteiger partial charge in [-0.05, 0) is 17.5 Å². The molecule has 100 valence electrons. The third-order valence-electron chi connectivity index (χ3n) is 3.22. The largest absolute Gasteiger partial charge is 0.326 e. The van der Waals surface area contributed by atoms with E-state index < -0.39 is 0 Å². The zero-order valence-corrected chi connectivity index (χ0v) is 10.6. The van der Waals surface area contributed by atoms with Crippen molar-refractivity contribution in [2.45, 2.75) is 6.54 Å². The molecule has 1 aromatic heterocycles. The Morgan fingerprint density at radius 2 is 1.90 bits per heavy atom. The summed E-state index contributed by atoms with van der Waals surface area (Å²) in [5, 5.41) is 1.20. The highest BCUT2D eigenvalue weighted by Gasteiger charge is 2.10. The minimum atomic E-state index is -0.301. The molecule has 0 aliphatic rings. The van der Waals surface area contributed by atoms with Crippen molar-refractivity contribution in [2.24, 2.45) is 5.73 Å². The van der Waals surface area contributed by atoms with E-state index in [1.165, 1.54) is 12.3 Å². The number of fused-ring (bicyclic) bond motifs is 1. The highest BCUT2D eigenvalue weighted by molar-refractivity contribution is 5.95. The van der Waals surface area contributed by atoms with Gasteiger partial charge in [0.1, 0.15) is 11.6 Å². The van der Waals surface area contributed by atoms with Crippen molar-refractivity contribution in [3.63, 3.8) is 0 Å². The Hall–Kier alpha value is -2.53. The first-order valence-corrected chi connectivity index (χ1v) is 6.16. The fourth-order valence-corrected chi connectivity index (χ4v) is 2.17. The van der Waals surface area contributed by atoms with E-state index in [1.54, 1.807) is 24.3 Å². The van der Waals surface area contributed by atoms with Gasteiger partial charge in [-0.1, -0.05) is 24.3 Å². The molecule has 0 unspecified atom stereocenters. The summed E-state index contributed by atoms with van der Waals surface area (Å²) in [4.78, 5) is 18.7. The average molecular weight is 269 g/mol. The summed E-state index contributed by atoms with van der Waals surface area (Å²) in [7, 11) is 0. The molecule has 0 bridgehead atoms. The highest BCUT2D eigenvalue weighted by atomic mass is 19.1. The third kappa shape index (κ3) is 1.98. The molecule has 0 fully saturated rings. The Morgan fingerprint density at radius 3 is 2.60 bits per heavy atom. The molecular formula is C15H12FN3O. The second kappa shape index (κ2) is 4.86. The standard InChI is InChI=1S/C15H12FN3O/c16-13-6-5-12(10-3-1-2-4-11(10)13)14-18-8-9(7-17)15(20)19-14/h1-6,8H,7,17H2,(H,18,19,20). The quantitative estimate of drug-likeness (QED) is 0.749. The van der Waals surface area contributed by atoms with E-state index in [0.717, 1.165) is 0 Å². The maximum Gasteiger partial charge on any atom is 0.255 e. The lowest BCUT2D eigenvalue weighted by Crippen LogP contribution is -2.17. The number of nitrogens with two attached hydrogens (primary N) is 1. The number of rotatable bonds is 2. The predicted molar refractivity (Wildman–Crippen MR) is 75.6 cm³/mol. The molecule has 0 aliphatic heterocycles. The number of nitrogens with one attached hydrogen (secondary N) is 1. The first kappa shape index (κ1) is 12.5. The molecule has 4 nitrogen and oxygen atoms in total. The number of benzene rings is 2. The van der Waals surface area contributed by atoms with Gasteiger partial charge in [0.2, 0.25) is 0 Å². The lowest BCUT2D eigenvalue weighted by Gasteiger charge is -2.07. The minimum Gasteiger partial charge on any atom is -0.326 e. The fourth-order valence-electron chi connectivity index (χ4n) is 2.17. The van der Waals surface area contributed by atoms with Crippen molar-refractivity contribution in [3.8, 4) is 11.4 Å².